The average Bonchev–Trinajstić information content (AvgIpc) is 3.23. The highest BCUT2D eigenvalue weighted by atomic mass is 31.2. The topological polar surface area (TPSA) is 108 Å². The summed E-state index contributed by atoms with van der Waals surface area (Å²) in [5, 5.41) is 0. The Bertz CT molecular complexity index is 1140. The Morgan fingerprint density at radius 2 is 0.864 bits per heavy atom. The van der Waals surface area contributed by atoms with Crippen LogP contribution in [0, 0.1) is 0 Å². The van der Waals surface area contributed by atoms with Crippen LogP contribution in [0.2, 0.25) is 0 Å². The highest BCUT2D eigenvalue weighted by Crippen LogP contribution is 2.42. The van der Waals surface area contributed by atoms with Crippen LogP contribution < -0.4 is 0 Å². The molecule has 0 aromatic heterocycles. The maximum absolute atomic E-state index is 12.5. The molecule has 0 heterocycles. The second kappa shape index (κ2) is 45.3. The Hall–Kier alpha value is -2.25. The maximum Gasteiger partial charge on any atom is 0.472 e. The van der Waals surface area contributed by atoms with Crippen LogP contribution in [-0.4, -0.2) is 43.3 Å². The molecule has 0 saturated heterocycles. The number of esters is 2. The van der Waals surface area contributed by atoms with Crippen molar-refractivity contribution in [3.8, 4) is 0 Å². The van der Waals surface area contributed by atoms with Gasteiger partial charge in [-0.15, -0.1) is 0 Å². The van der Waals surface area contributed by atoms with Crippen LogP contribution in [0.5, 0.6) is 0 Å². The molecule has 0 spiro atoms. The van der Waals surface area contributed by atoms with Gasteiger partial charge in [0, 0.05) is 20.0 Å². The fourth-order valence-corrected chi connectivity index (χ4v) is 7.10. The number of carbonyl (C=O) groups excluding carboxylic acids is 2. The number of hydrogen-bond acceptors (Lipinski definition) is 7. The minimum atomic E-state index is -4.28. The van der Waals surface area contributed by atoms with Gasteiger partial charge in [0.25, 0.3) is 0 Å². The van der Waals surface area contributed by atoms with Crippen LogP contribution in [0.25, 0.3) is 0 Å². The maximum atomic E-state index is 12.5. The van der Waals surface area contributed by atoms with Gasteiger partial charge in [-0.05, 0) is 51.4 Å². The first-order chi connectivity index (χ1) is 28.8. The zero-order valence-corrected chi connectivity index (χ0v) is 39.0. The Kier molecular flexibility index (Phi) is 43.6. The van der Waals surface area contributed by atoms with E-state index in [1.54, 1.807) is 0 Å². The number of unbranched alkanes of at least 4 members (excludes halogenated alkanes) is 23. The minimum absolute atomic E-state index is 0.166. The van der Waals surface area contributed by atoms with Crippen LogP contribution in [0.4, 0.5) is 0 Å². The van der Waals surface area contributed by atoms with E-state index in [1.165, 1.54) is 128 Å². The lowest BCUT2D eigenvalue weighted by atomic mass is 10.0. The number of ether oxygens (including phenoxy) is 2. The lowest BCUT2D eigenvalue weighted by Crippen LogP contribution is -2.29. The molecule has 342 valence electrons. The summed E-state index contributed by atoms with van der Waals surface area (Å²) < 4.78 is 32.0. The molecule has 9 heteroatoms. The standard InChI is InChI=1S/C50H89O8P/c1-4-6-8-10-12-14-16-18-20-22-23-24-25-26-27-29-30-32-34-36-38-40-42-44-49(51)56-46-48(47-57-59(53,54)55-3)58-50(52)45-43-41-39-37-35-33-31-28-21-19-17-15-13-11-9-7-5-2/h7,9,13,15,19,21,31,33,37,39,48H,4-6,8,10-12,14,16-18,20,22-30,32,34-36,38,40-47H2,1-3H3,(H,53,54)/b9-7-,15-13-,21-19-,33-31-,39-37-. The van der Waals surface area contributed by atoms with Gasteiger partial charge in [0.15, 0.2) is 6.10 Å². The van der Waals surface area contributed by atoms with Crippen molar-refractivity contribution in [1.82, 2.24) is 0 Å². The average molecular weight is 849 g/mol. The van der Waals surface area contributed by atoms with Crippen molar-refractivity contribution >= 4 is 19.8 Å². The highest BCUT2D eigenvalue weighted by molar-refractivity contribution is 7.47. The fourth-order valence-electron chi connectivity index (χ4n) is 6.64. The van der Waals surface area contributed by atoms with Gasteiger partial charge in [0.1, 0.15) is 6.61 Å². The summed E-state index contributed by atoms with van der Waals surface area (Å²) in [6.45, 7) is 3.75. The molecule has 0 aliphatic rings. The number of phosphoric ester groups is 1. The fraction of sp³-hybridized carbons (Fsp3) is 0.760. The van der Waals surface area contributed by atoms with E-state index in [1.807, 2.05) is 6.08 Å². The van der Waals surface area contributed by atoms with Gasteiger partial charge >= 0.3 is 19.8 Å². The van der Waals surface area contributed by atoms with E-state index in [-0.39, 0.29) is 25.4 Å². The van der Waals surface area contributed by atoms with Crippen molar-refractivity contribution in [2.24, 2.45) is 0 Å². The van der Waals surface area contributed by atoms with Crippen molar-refractivity contribution in [1.29, 1.82) is 0 Å². The summed E-state index contributed by atoms with van der Waals surface area (Å²) in [5.74, 6) is -0.867. The molecule has 0 aromatic rings. The Balaban J connectivity index is 3.96. The lowest BCUT2D eigenvalue weighted by molar-refractivity contribution is -0.161. The molecular formula is C50H89O8P. The molecule has 0 amide bonds. The SMILES string of the molecule is CC/C=C\C/C=C\C/C=C\C/C=C\C/C=C\CCCC(=O)OC(COC(=O)CCCCCCCCCCCCCCCCCCCCCCCCC)COP(=O)(O)OC. The molecule has 0 fully saturated rings. The predicted molar refractivity (Wildman–Crippen MR) is 248 cm³/mol. The predicted octanol–water partition coefficient (Wildman–Crippen LogP) is 15.5. The molecule has 0 saturated carbocycles. The van der Waals surface area contributed by atoms with Gasteiger partial charge in [-0.3, -0.25) is 18.6 Å². The number of rotatable bonds is 44. The Morgan fingerprint density at radius 1 is 0.492 bits per heavy atom. The zero-order chi connectivity index (χ0) is 43.2. The first-order valence-corrected chi connectivity index (χ1v) is 25.5. The zero-order valence-electron chi connectivity index (χ0n) is 38.1. The van der Waals surface area contributed by atoms with Crippen LogP contribution in [-0.2, 0) is 32.7 Å². The van der Waals surface area contributed by atoms with E-state index in [2.05, 4.69) is 73.1 Å². The molecule has 59 heavy (non-hydrogen) atoms. The Labute approximate surface area is 362 Å². The quantitative estimate of drug-likeness (QED) is 0.0279. The second-order valence-corrected chi connectivity index (χ2v) is 17.4. The van der Waals surface area contributed by atoms with Gasteiger partial charge in [-0.1, -0.05) is 216 Å². The van der Waals surface area contributed by atoms with E-state index >= 15 is 0 Å². The molecule has 8 nitrogen and oxygen atoms in total. The number of allylic oxidation sites excluding steroid dienone is 10. The molecule has 0 aromatic carbocycles. The normalized spacial score (nSPS) is 13.8. The van der Waals surface area contributed by atoms with Crippen molar-refractivity contribution in [2.75, 3.05) is 20.3 Å². The third-order valence-electron chi connectivity index (χ3n) is 10.3. The third kappa shape index (κ3) is 45.1. The number of phosphoric acid groups is 1. The third-order valence-corrected chi connectivity index (χ3v) is 11.2. The molecule has 0 bridgehead atoms. The van der Waals surface area contributed by atoms with Crippen molar-refractivity contribution < 1.29 is 37.6 Å². The summed E-state index contributed by atoms with van der Waals surface area (Å²) >= 11 is 0. The summed E-state index contributed by atoms with van der Waals surface area (Å²) in [6.07, 6.45) is 57.3. The largest absolute Gasteiger partial charge is 0.472 e. The smallest absolute Gasteiger partial charge is 0.462 e. The molecule has 2 unspecified atom stereocenters. The van der Waals surface area contributed by atoms with Crippen LogP contribution in [0.15, 0.2) is 60.8 Å². The summed E-state index contributed by atoms with van der Waals surface area (Å²) in [5.41, 5.74) is 0. The monoisotopic (exact) mass is 849 g/mol. The van der Waals surface area contributed by atoms with E-state index in [9.17, 15) is 19.0 Å². The van der Waals surface area contributed by atoms with Crippen molar-refractivity contribution in [3.63, 3.8) is 0 Å². The molecule has 0 rings (SSSR count). The summed E-state index contributed by atoms with van der Waals surface area (Å²) in [6, 6.07) is 0. The number of hydrogen-bond donors (Lipinski definition) is 1. The van der Waals surface area contributed by atoms with Crippen LogP contribution in [0.3, 0.4) is 0 Å². The van der Waals surface area contributed by atoms with E-state index < -0.39 is 26.5 Å². The molecule has 0 radical (unpaired) electrons. The molecule has 0 aliphatic heterocycles. The summed E-state index contributed by atoms with van der Waals surface area (Å²) in [4.78, 5) is 34.5. The Morgan fingerprint density at radius 3 is 1.27 bits per heavy atom. The highest BCUT2D eigenvalue weighted by Gasteiger charge is 2.24. The van der Waals surface area contributed by atoms with E-state index in [0.717, 1.165) is 58.5 Å². The van der Waals surface area contributed by atoms with Crippen molar-refractivity contribution in [2.45, 2.75) is 225 Å². The molecule has 1 N–H and O–H groups in total. The minimum Gasteiger partial charge on any atom is -0.462 e. The van der Waals surface area contributed by atoms with Gasteiger partial charge in [0.05, 0.1) is 6.61 Å². The molecular weight excluding hydrogens is 760 g/mol. The first-order valence-electron chi connectivity index (χ1n) is 24.0. The van der Waals surface area contributed by atoms with E-state index in [0.29, 0.717) is 12.8 Å². The lowest BCUT2D eigenvalue weighted by Gasteiger charge is -2.19. The van der Waals surface area contributed by atoms with Crippen LogP contribution in [0.1, 0.15) is 219 Å². The van der Waals surface area contributed by atoms with Gasteiger partial charge in [-0.25, -0.2) is 4.57 Å². The molecule has 2 atom stereocenters. The second-order valence-electron chi connectivity index (χ2n) is 15.9. The van der Waals surface area contributed by atoms with Crippen LogP contribution >= 0.6 is 7.82 Å². The summed E-state index contributed by atoms with van der Waals surface area (Å²) in [7, 11) is -3.23. The van der Waals surface area contributed by atoms with Gasteiger partial charge in [-0.2, -0.15) is 0 Å². The van der Waals surface area contributed by atoms with Gasteiger partial charge in [0.2, 0.25) is 0 Å². The number of carbonyl (C=O) groups is 2. The van der Waals surface area contributed by atoms with E-state index in [4.69, 9.17) is 14.0 Å². The first kappa shape index (κ1) is 56.8. The van der Waals surface area contributed by atoms with Crippen molar-refractivity contribution in [3.05, 3.63) is 60.8 Å². The molecule has 0 aliphatic carbocycles. The van der Waals surface area contributed by atoms with Gasteiger partial charge < -0.3 is 14.4 Å².